The van der Waals surface area contributed by atoms with Gasteiger partial charge in [-0.1, -0.05) is 18.2 Å². The second-order valence-corrected chi connectivity index (χ2v) is 8.12. The molecule has 1 atom stereocenters. The second kappa shape index (κ2) is 6.68. The molecule has 1 aliphatic carbocycles. The molecule has 1 aromatic carbocycles. The van der Waals surface area contributed by atoms with Gasteiger partial charge in [-0.3, -0.25) is 9.00 Å². The third-order valence-electron chi connectivity index (χ3n) is 4.69. The van der Waals surface area contributed by atoms with Crippen molar-refractivity contribution in [1.29, 1.82) is 0 Å². The molecule has 6 heteroatoms. The van der Waals surface area contributed by atoms with E-state index in [1.165, 1.54) is 12.8 Å². The van der Waals surface area contributed by atoms with Crippen LogP contribution < -0.4 is 10.3 Å². The van der Waals surface area contributed by atoms with Crippen LogP contribution in [0, 0.1) is 5.92 Å². The minimum atomic E-state index is -1.15. The van der Waals surface area contributed by atoms with Gasteiger partial charge >= 0.3 is 0 Å². The molecule has 0 unspecified atom stereocenters. The number of aromatic nitrogens is 2. The van der Waals surface area contributed by atoms with Crippen LogP contribution in [0.2, 0.25) is 0 Å². The predicted octanol–water partition coefficient (Wildman–Crippen LogP) is 3.13. The monoisotopic (exact) mass is 368 g/mol. The van der Waals surface area contributed by atoms with E-state index in [1.807, 2.05) is 30.3 Å². The quantitative estimate of drug-likeness (QED) is 0.694. The van der Waals surface area contributed by atoms with Crippen molar-refractivity contribution in [1.82, 2.24) is 9.55 Å². The van der Waals surface area contributed by atoms with E-state index < -0.39 is 10.8 Å². The van der Waals surface area contributed by atoms with Crippen molar-refractivity contribution in [2.75, 3.05) is 12.9 Å². The Morgan fingerprint density at radius 2 is 1.96 bits per heavy atom. The average Bonchev–Trinajstić information content (AvgIpc) is 3.47. The molecule has 0 amide bonds. The molecule has 0 radical (unpaired) electrons. The molecule has 3 aromatic rings. The smallest absolute Gasteiger partial charge is 0.258 e. The van der Waals surface area contributed by atoms with E-state index in [0.717, 1.165) is 16.5 Å². The standard InChI is InChI=1S/C20H20N2O3S/c1-22-11-18(15-5-3-4-6-16(15)20(22)23)17-9-14(26(2)24)10-21-19(17)25-12-13-7-8-13/h3-6,9-11,13H,7-8,12H2,1-2H3/t26-/m0/s1. The zero-order valence-electron chi connectivity index (χ0n) is 14.8. The van der Waals surface area contributed by atoms with Crippen molar-refractivity contribution < 1.29 is 8.95 Å². The number of rotatable bonds is 5. The number of pyridine rings is 2. The summed E-state index contributed by atoms with van der Waals surface area (Å²) in [5, 5.41) is 1.48. The molecule has 5 nitrogen and oxygen atoms in total. The van der Waals surface area contributed by atoms with Gasteiger partial charge in [-0.15, -0.1) is 0 Å². The Labute approximate surface area is 154 Å². The maximum Gasteiger partial charge on any atom is 0.258 e. The Balaban J connectivity index is 1.94. The summed E-state index contributed by atoms with van der Waals surface area (Å²) in [5.74, 6) is 1.12. The molecular formula is C20H20N2O3S. The van der Waals surface area contributed by atoms with Crippen LogP contribution in [0.3, 0.4) is 0 Å². The summed E-state index contributed by atoms with van der Waals surface area (Å²) in [4.78, 5) is 17.5. The van der Waals surface area contributed by atoms with E-state index >= 15 is 0 Å². The predicted molar refractivity (Wildman–Crippen MR) is 103 cm³/mol. The first kappa shape index (κ1) is 17.0. The van der Waals surface area contributed by atoms with E-state index in [1.54, 1.807) is 30.3 Å². The highest BCUT2D eigenvalue weighted by atomic mass is 32.2. The third kappa shape index (κ3) is 3.17. The second-order valence-electron chi connectivity index (χ2n) is 6.74. The van der Waals surface area contributed by atoms with Gasteiger partial charge in [0.15, 0.2) is 0 Å². The molecule has 26 heavy (non-hydrogen) atoms. The first-order valence-electron chi connectivity index (χ1n) is 8.59. The molecule has 1 saturated carbocycles. The van der Waals surface area contributed by atoms with Gasteiger partial charge in [0.2, 0.25) is 5.88 Å². The summed E-state index contributed by atoms with van der Waals surface area (Å²) in [5.41, 5.74) is 1.58. The van der Waals surface area contributed by atoms with Crippen molar-refractivity contribution in [2.24, 2.45) is 13.0 Å². The first-order chi connectivity index (χ1) is 12.5. The number of nitrogens with zero attached hydrogens (tertiary/aromatic N) is 2. The summed E-state index contributed by atoms with van der Waals surface area (Å²) >= 11 is 0. The fourth-order valence-corrected chi connectivity index (χ4v) is 3.50. The lowest BCUT2D eigenvalue weighted by Crippen LogP contribution is -2.16. The highest BCUT2D eigenvalue weighted by Gasteiger charge is 2.23. The van der Waals surface area contributed by atoms with Gasteiger partial charge in [-0.05, 0) is 36.3 Å². The Morgan fingerprint density at radius 1 is 1.23 bits per heavy atom. The van der Waals surface area contributed by atoms with Gasteiger partial charge in [-0.2, -0.15) is 0 Å². The number of aryl methyl sites for hydroxylation is 1. The Kier molecular flexibility index (Phi) is 4.36. The molecule has 1 fully saturated rings. The lowest BCUT2D eigenvalue weighted by Gasteiger charge is -2.14. The Hall–Kier alpha value is -2.47. The van der Waals surface area contributed by atoms with Crippen LogP contribution in [0.4, 0.5) is 0 Å². The van der Waals surface area contributed by atoms with Gasteiger partial charge in [0.1, 0.15) is 0 Å². The molecule has 2 aromatic heterocycles. The molecule has 4 rings (SSSR count). The van der Waals surface area contributed by atoms with Crippen molar-refractivity contribution in [3.05, 3.63) is 53.1 Å². The van der Waals surface area contributed by atoms with E-state index in [2.05, 4.69) is 4.98 Å². The van der Waals surface area contributed by atoms with E-state index in [-0.39, 0.29) is 5.56 Å². The highest BCUT2D eigenvalue weighted by Crippen LogP contribution is 2.36. The molecule has 1 aliphatic rings. The number of benzene rings is 1. The van der Waals surface area contributed by atoms with E-state index in [9.17, 15) is 9.00 Å². The van der Waals surface area contributed by atoms with Crippen LogP contribution in [0.5, 0.6) is 5.88 Å². The Bertz CT molecular complexity index is 1070. The largest absolute Gasteiger partial charge is 0.477 e. The molecule has 0 saturated heterocycles. The normalized spacial score (nSPS) is 15.2. The summed E-state index contributed by atoms with van der Waals surface area (Å²) in [6.07, 6.45) is 7.41. The molecule has 0 bridgehead atoms. The summed E-state index contributed by atoms with van der Waals surface area (Å²) in [6.45, 7) is 0.637. The van der Waals surface area contributed by atoms with E-state index in [4.69, 9.17) is 4.74 Å². The maximum atomic E-state index is 12.5. The van der Waals surface area contributed by atoms with Crippen molar-refractivity contribution in [3.8, 4) is 17.0 Å². The third-order valence-corrected chi connectivity index (χ3v) is 5.58. The van der Waals surface area contributed by atoms with Crippen LogP contribution in [-0.4, -0.2) is 26.6 Å². The summed E-state index contributed by atoms with van der Waals surface area (Å²) in [7, 11) is 0.583. The SMILES string of the molecule is Cn1cc(-c2cc([S@](C)=O)cnc2OCC2CC2)c2ccccc2c1=O. The maximum absolute atomic E-state index is 12.5. The lowest BCUT2D eigenvalue weighted by molar-refractivity contribution is 0.289. The minimum Gasteiger partial charge on any atom is -0.477 e. The van der Waals surface area contributed by atoms with Crippen LogP contribution in [0.15, 0.2) is 52.4 Å². The van der Waals surface area contributed by atoms with Crippen LogP contribution in [-0.2, 0) is 17.8 Å². The number of hydrogen-bond donors (Lipinski definition) is 0. The first-order valence-corrected chi connectivity index (χ1v) is 10.2. The highest BCUT2D eigenvalue weighted by molar-refractivity contribution is 7.84. The van der Waals surface area contributed by atoms with Gasteiger partial charge in [0, 0.05) is 42.2 Å². The van der Waals surface area contributed by atoms with Gasteiger partial charge in [0.05, 0.1) is 22.3 Å². The van der Waals surface area contributed by atoms with Gasteiger partial charge in [0.25, 0.3) is 5.56 Å². The van der Waals surface area contributed by atoms with E-state index in [0.29, 0.717) is 28.7 Å². The molecule has 0 N–H and O–H groups in total. The van der Waals surface area contributed by atoms with Crippen LogP contribution in [0.25, 0.3) is 21.9 Å². The zero-order chi connectivity index (χ0) is 18.3. The Morgan fingerprint density at radius 3 is 2.65 bits per heavy atom. The van der Waals surface area contributed by atoms with Crippen molar-refractivity contribution in [2.45, 2.75) is 17.7 Å². The summed E-state index contributed by atoms with van der Waals surface area (Å²) in [6, 6.07) is 9.37. The molecule has 2 heterocycles. The molecular weight excluding hydrogens is 348 g/mol. The topological polar surface area (TPSA) is 61.2 Å². The van der Waals surface area contributed by atoms with Crippen molar-refractivity contribution in [3.63, 3.8) is 0 Å². The fourth-order valence-electron chi connectivity index (χ4n) is 3.01. The van der Waals surface area contributed by atoms with Crippen LogP contribution in [0.1, 0.15) is 12.8 Å². The number of fused-ring (bicyclic) bond motifs is 1. The molecule has 134 valence electrons. The average molecular weight is 368 g/mol. The fraction of sp³-hybridized carbons (Fsp3) is 0.300. The molecule has 0 spiro atoms. The lowest BCUT2D eigenvalue weighted by atomic mass is 10.0. The van der Waals surface area contributed by atoms with Gasteiger partial charge < -0.3 is 9.30 Å². The van der Waals surface area contributed by atoms with Gasteiger partial charge in [-0.25, -0.2) is 4.98 Å². The number of ether oxygens (including phenoxy) is 1. The van der Waals surface area contributed by atoms with Crippen LogP contribution >= 0.6 is 0 Å². The number of hydrogen-bond acceptors (Lipinski definition) is 4. The zero-order valence-corrected chi connectivity index (χ0v) is 15.6. The summed E-state index contributed by atoms with van der Waals surface area (Å²) < 4.78 is 19.5. The minimum absolute atomic E-state index is 0.0482. The molecule has 0 aliphatic heterocycles. The van der Waals surface area contributed by atoms with Crippen molar-refractivity contribution >= 4 is 21.6 Å².